The number of aromatic nitrogens is 3. The number of rotatable bonds is 10. The number of nitrogens with zero attached hydrogens (tertiary/aromatic N) is 4. The summed E-state index contributed by atoms with van der Waals surface area (Å²) in [7, 11) is 0. The van der Waals surface area contributed by atoms with E-state index in [-0.39, 0.29) is 0 Å². The number of para-hydroxylation sites is 1. The minimum absolute atomic E-state index is 0.517. The Balaban J connectivity index is 1.74. The van der Waals surface area contributed by atoms with Crippen LogP contribution in [0.4, 0.5) is 5.82 Å². The molecule has 0 N–H and O–H groups in total. The molecule has 36 heavy (non-hydrogen) atoms. The van der Waals surface area contributed by atoms with E-state index < -0.39 is 0 Å². The standard InChI is InChI=1S/C31H34N4S/c1-4-19-36-31-33-28-29(35(31)20-23(2)3)26-17-11-12-18-27(26)32-30(28)34(21-24-13-7-5-8-14-24)22-25-15-9-6-10-16-25/h5-18,23H,4,19-22H2,1-3H3. The summed E-state index contributed by atoms with van der Waals surface area (Å²) >= 11 is 1.86. The molecule has 184 valence electrons. The van der Waals surface area contributed by atoms with E-state index in [9.17, 15) is 0 Å². The molecule has 0 spiro atoms. The van der Waals surface area contributed by atoms with Crippen molar-refractivity contribution in [1.29, 1.82) is 0 Å². The van der Waals surface area contributed by atoms with Crippen LogP contribution in [0.3, 0.4) is 0 Å². The first-order chi connectivity index (χ1) is 17.6. The van der Waals surface area contributed by atoms with Gasteiger partial charge in [-0.25, -0.2) is 9.97 Å². The van der Waals surface area contributed by atoms with Gasteiger partial charge in [0.05, 0.1) is 11.0 Å². The number of fused-ring (bicyclic) bond motifs is 3. The summed E-state index contributed by atoms with van der Waals surface area (Å²) in [6.45, 7) is 9.26. The number of anilines is 1. The van der Waals surface area contributed by atoms with E-state index in [0.717, 1.165) is 53.8 Å². The monoisotopic (exact) mass is 494 g/mol. The predicted molar refractivity (Wildman–Crippen MR) is 154 cm³/mol. The van der Waals surface area contributed by atoms with Crippen molar-refractivity contribution in [2.24, 2.45) is 5.92 Å². The van der Waals surface area contributed by atoms with Crippen LogP contribution in [0.1, 0.15) is 38.3 Å². The van der Waals surface area contributed by atoms with Gasteiger partial charge in [-0.3, -0.25) is 0 Å². The lowest BCUT2D eigenvalue weighted by atomic mass is 10.1. The van der Waals surface area contributed by atoms with Gasteiger partial charge in [0.15, 0.2) is 11.0 Å². The number of thioether (sulfide) groups is 1. The Morgan fingerprint density at radius 3 is 2.03 bits per heavy atom. The van der Waals surface area contributed by atoms with E-state index in [1.807, 2.05) is 11.8 Å². The maximum atomic E-state index is 5.28. The highest BCUT2D eigenvalue weighted by molar-refractivity contribution is 7.99. The average molecular weight is 495 g/mol. The SMILES string of the molecule is CCCSc1nc2c(N(Cc3ccccc3)Cc3ccccc3)nc3ccccc3c2n1CC(C)C. The average Bonchev–Trinajstić information content (AvgIpc) is 3.25. The Morgan fingerprint density at radius 2 is 1.42 bits per heavy atom. The molecular formula is C31H34N4S. The van der Waals surface area contributed by atoms with E-state index in [0.29, 0.717) is 5.92 Å². The number of benzene rings is 3. The molecule has 0 atom stereocenters. The number of hydrogen-bond donors (Lipinski definition) is 0. The molecule has 0 aliphatic carbocycles. The fourth-order valence-corrected chi connectivity index (χ4v) is 5.54. The molecule has 2 aromatic heterocycles. The van der Waals surface area contributed by atoms with Crippen LogP contribution in [0.2, 0.25) is 0 Å². The van der Waals surface area contributed by atoms with Crippen LogP contribution in [-0.4, -0.2) is 20.3 Å². The summed E-state index contributed by atoms with van der Waals surface area (Å²) in [6.07, 6.45) is 1.12. The zero-order chi connectivity index (χ0) is 24.9. The molecule has 5 rings (SSSR count). The first-order valence-electron chi connectivity index (χ1n) is 12.9. The van der Waals surface area contributed by atoms with Gasteiger partial charge in [-0.15, -0.1) is 0 Å². The van der Waals surface area contributed by atoms with Gasteiger partial charge >= 0.3 is 0 Å². The van der Waals surface area contributed by atoms with E-state index >= 15 is 0 Å². The molecule has 4 nitrogen and oxygen atoms in total. The zero-order valence-corrected chi connectivity index (χ0v) is 22.2. The Morgan fingerprint density at radius 1 is 0.806 bits per heavy atom. The van der Waals surface area contributed by atoms with Gasteiger partial charge in [0.25, 0.3) is 0 Å². The van der Waals surface area contributed by atoms with Crippen molar-refractivity contribution in [3.05, 3.63) is 96.1 Å². The third kappa shape index (κ3) is 5.26. The summed E-state index contributed by atoms with van der Waals surface area (Å²) in [5.74, 6) is 2.53. The minimum Gasteiger partial charge on any atom is -0.346 e. The van der Waals surface area contributed by atoms with Crippen LogP contribution in [0.25, 0.3) is 21.9 Å². The van der Waals surface area contributed by atoms with Crippen LogP contribution in [0.15, 0.2) is 90.1 Å². The van der Waals surface area contributed by atoms with Crippen LogP contribution in [-0.2, 0) is 19.6 Å². The molecule has 0 aliphatic heterocycles. The smallest absolute Gasteiger partial charge is 0.169 e. The normalized spacial score (nSPS) is 11.6. The summed E-state index contributed by atoms with van der Waals surface area (Å²) in [4.78, 5) is 12.9. The molecule has 0 saturated carbocycles. The predicted octanol–water partition coefficient (Wildman–Crippen LogP) is 7.95. The molecule has 5 heteroatoms. The maximum Gasteiger partial charge on any atom is 0.169 e. The van der Waals surface area contributed by atoms with Gasteiger partial charge in [-0.05, 0) is 29.5 Å². The van der Waals surface area contributed by atoms with E-state index in [2.05, 4.69) is 115 Å². The van der Waals surface area contributed by atoms with Crippen molar-refractivity contribution in [3.63, 3.8) is 0 Å². The van der Waals surface area contributed by atoms with Crippen molar-refractivity contribution < 1.29 is 0 Å². The molecule has 0 unspecified atom stereocenters. The van der Waals surface area contributed by atoms with Gasteiger partial charge in [0.1, 0.15) is 5.52 Å². The molecule has 0 amide bonds. The summed E-state index contributed by atoms with van der Waals surface area (Å²) in [5, 5.41) is 2.27. The van der Waals surface area contributed by atoms with Crippen LogP contribution in [0.5, 0.6) is 0 Å². The van der Waals surface area contributed by atoms with Crippen molar-refractivity contribution in [2.45, 2.75) is 52.0 Å². The molecule has 2 heterocycles. The quantitative estimate of drug-likeness (QED) is 0.185. The Kier molecular flexibility index (Phi) is 7.57. The first kappa shape index (κ1) is 24.4. The first-order valence-corrected chi connectivity index (χ1v) is 13.9. The summed E-state index contributed by atoms with van der Waals surface area (Å²) in [5.41, 5.74) is 5.74. The lowest BCUT2D eigenvalue weighted by molar-refractivity contribution is 0.505. The van der Waals surface area contributed by atoms with Gasteiger partial charge in [-0.1, -0.05) is 111 Å². The summed E-state index contributed by atoms with van der Waals surface area (Å²) < 4.78 is 2.44. The Bertz CT molecular complexity index is 1390. The molecule has 0 fully saturated rings. The van der Waals surface area contributed by atoms with Gasteiger partial charge in [-0.2, -0.15) is 0 Å². The fraction of sp³-hybridized carbons (Fsp3) is 0.290. The number of imidazole rings is 1. The lowest BCUT2D eigenvalue weighted by Crippen LogP contribution is -2.23. The van der Waals surface area contributed by atoms with E-state index in [4.69, 9.17) is 9.97 Å². The minimum atomic E-state index is 0.517. The number of hydrogen-bond acceptors (Lipinski definition) is 4. The van der Waals surface area contributed by atoms with Crippen molar-refractivity contribution >= 4 is 39.5 Å². The van der Waals surface area contributed by atoms with Gasteiger partial charge < -0.3 is 9.47 Å². The van der Waals surface area contributed by atoms with Gasteiger partial charge in [0, 0.05) is 30.8 Å². The largest absolute Gasteiger partial charge is 0.346 e. The van der Waals surface area contributed by atoms with Gasteiger partial charge in [0.2, 0.25) is 0 Å². The third-order valence-corrected chi connectivity index (χ3v) is 7.43. The fourth-order valence-electron chi connectivity index (χ4n) is 4.67. The molecule has 0 aliphatic rings. The molecule has 3 aromatic carbocycles. The van der Waals surface area contributed by atoms with Crippen LogP contribution >= 0.6 is 11.8 Å². The van der Waals surface area contributed by atoms with Crippen molar-refractivity contribution in [3.8, 4) is 0 Å². The van der Waals surface area contributed by atoms with E-state index in [1.54, 1.807) is 0 Å². The molecule has 5 aromatic rings. The molecule has 0 bridgehead atoms. The maximum absolute atomic E-state index is 5.28. The second-order valence-electron chi connectivity index (χ2n) is 9.72. The third-order valence-electron chi connectivity index (χ3n) is 6.24. The second-order valence-corrected chi connectivity index (χ2v) is 10.8. The zero-order valence-electron chi connectivity index (χ0n) is 21.4. The summed E-state index contributed by atoms with van der Waals surface area (Å²) in [6, 6.07) is 29.9. The Hall–Kier alpha value is -3.31. The van der Waals surface area contributed by atoms with Crippen molar-refractivity contribution in [1.82, 2.24) is 14.5 Å². The van der Waals surface area contributed by atoms with Crippen molar-refractivity contribution in [2.75, 3.05) is 10.7 Å². The highest BCUT2D eigenvalue weighted by atomic mass is 32.2. The lowest BCUT2D eigenvalue weighted by Gasteiger charge is -2.25. The molecular weight excluding hydrogens is 460 g/mol. The van der Waals surface area contributed by atoms with E-state index in [1.165, 1.54) is 22.0 Å². The highest BCUT2D eigenvalue weighted by Crippen LogP contribution is 2.36. The highest BCUT2D eigenvalue weighted by Gasteiger charge is 2.23. The number of pyridine rings is 1. The Labute approximate surface area is 218 Å². The van der Waals surface area contributed by atoms with Crippen LogP contribution < -0.4 is 4.90 Å². The second kappa shape index (κ2) is 11.2. The molecule has 0 radical (unpaired) electrons. The topological polar surface area (TPSA) is 34.0 Å². The molecule has 0 saturated heterocycles. The van der Waals surface area contributed by atoms with Crippen LogP contribution in [0, 0.1) is 5.92 Å².